The standard InChI is InChI=1S/C13H26NO5PS2/c1-13(2,4-5-14-6-8-19-9-7-14)12(15)21-10-11-22-20(16,17)18-3/h4-11H2,1-3H3,(H,16,17). The number of hydrogen-bond acceptors (Lipinski definition) is 7. The molecule has 0 saturated carbocycles. The van der Waals surface area contributed by atoms with Crippen molar-refractivity contribution in [1.29, 1.82) is 0 Å². The second kappa shape index (κ2) is 9.67. The molecule has 0 aliphatic carbocycles. The van der Waals surface area contributed by atoms with Crippen molar-refractivity contribution >= 4 is 35.1 Å². The summed E-state index contributed by atoms with van der Waals surface area (Å²) in [6.07, 6.45) is 0.808. The number of rotatable bonds is 9. The third-order valence-electron chi connectivity index (χ3n) is 3.51. The molecular formula is C13H26NO5PS2. The van der Waals surface area contributed by atoms with Crippen molar-refractivity contribution in [2.75, 3.05) is 51.5 Å². The maximum Gasteiger partial charge on any atom is 0.386 e. The number of morpholine rings is 1. The number of hydrogen-bond donors (Lipinski definition) is 1. The Labute approximate surface area is 141 Å². The predicted octanol–water partition coefficient (Wildman–Crippen LogP) is 2.47. The summed E-state index contributed by atoms with van der Waals surface area (Å²) in [5.74, 6) is 0.927. The Morgan fingerprint density at radius 2 is 2.00 bits per heavy atom. The van der Waals surface area contributed by atoms with Crippen LogP contribution in [0.3, 0.4) is 0 Å². The fourth-order valence-corrected chi connectivity index (χ4v) is 5.22. The first-order valence-electron chi connectivity index (χ1n) is 7.27. The van der Waals surface area contributed by atoms with Gasteiger partial charge in [0.05, 0.1) is 13.2 Å². The van der Waals surface area contributed by atoms with Crippen molar-refractivity contribution in [1.82, 2.24) is 4.90 Å². The highest BCUT2D eigenvalue weighted by Gasteiger charge is 2.29. The van der Waals surface area contributed by atoms with Crippen LogP contribution in [0.1, 0.15) is 20.3 Å². The second-order valence-electron chi connectivity index (χ2n) is 5.71. The molecule has 22 heavy (non-hydrogen) atoms. The number of ether oxygens (including phenoxy) is 1. The maximum atomic E-state index is 12.3. The van der Waals surface area contributed by atoms with Crippen molar-refractivity contribution in [3.05, 3.63) is 0 Å². The molecule has 1 aliphatic heterocycles. The highest BCUT2D eigenvalue weighted by molar-refractivity contribution is 8.55. The van der Waals surface area contributed by atoms with E-state index in [-0.39, 0.29) is 5.12 Å². The first-order valence-corrected chi connectivity index (χ1v) is 11.4. The molecule has 0 amide bonds. The predicted molar refractivity (Wildman–Crippen MR) is 92.4 cm³/mol. The first-order chi connectivity index (χ1) is 10.3. The van der Waals surface area contributed by atoms with Gasteiger partial charge in [-0.1, -0.05) is 25.6 Å². The largest absolute Gasteiger partial charge is 0.386 e. The minimum atomic E-state index is -3.53. The molecule has 1 rings (SSSR count). The highest BCUT2D eigenvalue weighted by Crippen LogP contribution is 2.54. The lowest BCUT2D eigenvalue weighted by Gasteiger charge is -2.30. The molecule has 0 spiro atoms. The van der Waals surface area contributed by atoms with Crippen molar-refractivity contribution in [3.63, 3.8) is 0 Å². The number of nitrogens with zero attached hydrogens (tertiary/aromatic N) is 1. The number of carbonyl (C=O) groups excluding carboxylic acids is 1. The van der Waals surface area contributed by atoms with Crippen LogP contribution in [0.4, 0.5) is 0 Å². The molecule has 1 atom stereocenters. The summed E-state index contributed by atoms with van der Waals surface area (Å²) in [5.41, 5.74) is -0.391. The van der Waals surface area contributed by atoms with Gasteiger partial charge in [-0.25, -0.2) is 4.57 Å². The van der Waals surface area contributed by atoms with Crippen LogP contribution < -0.4 is 0 Å². The lowest BCUT2D eigenvalue weighted by Crippen LogP contribution is -2.39. The van der Waals surface area contributed by atoms with E-state index in [1.165, 1.54) is 18.9 Å². The molecule has 1 heterocycles. The maximum absolute atomic E-state index is 12.3. The quantitative estimate of drug-likeness (QED) is 0.489. The van der Waals surface area contributed by atoms with Crippen LogP contribution in [0, 0.1) is 5.41 Å². The number of carbonyl (C=O) groups is 1. The van der Waals surface area contributed by atoms with Crippen LogP contribution in [0.25, 0.3) is 0 Å². The monoisotopic (exact) mass is 371 g/mol. The van der Waals surface area contributed by atoms with Crippen LogP contribution >= 0.6 is 29.9 Å². The molecule has 130 valence electrons. The van der Waals surface area contributed by atoms with Gasteiger partial charge in [0.1, 0.15) is 0 Å². The van der Waals surface area contributed by atoms with Gasteiger partial charge in [-0.2, -0.15) is 0 Å². The van der Waals surface area contributed by atoms with Crippen LogP contribution in [0.2, 0.25) is 0 Å². The van der Waals surface area contributed by atoms with E-state index in [9.17, 15) is 14.3 Å². The van der Waals surface area contributed by atoms with E-state index in [0.29, 0.717) is 11.5 Å². The van der Waals surface area contributed by atoms with E-state index in [2.05, 4.69) is 9.42 Å². The van der Waals surface area contributed by atoms with E-state index >= 15 is 0 Å². The zero-order valence-electron chi connectivity index (χ0n) is 13.4. The lowest BCUT2D eigenvalue weighted by molar-refractivity contribution is -0.118. The van der Waals surface area contributed by atoms with E-state index in [0.717, 1.165) is 50.7 Å². The Kier molecular flexibility index (Phi) is 9.00. The average molecular weight is 371 g/mol. The Morgan fingerprint density at radius 3 is 2.59 bits per heavy atom. The summed E-state index contributed by atoms with van der Waals surface area (Å²) < 4.78 is 21.1. The van der Waals surface area contributed by atoms with Crippen LogP contribution in [0.5, 0.6) is 0 Å². The molecule has 0 aromatic rings. The molecule has 0 bridgehead atoms. The van der Waals surface area contributed by atoms with Gasteiger partial charge in [0.2, 0.25) is 0 Å². The normalized spacial score (nSPS) is 19.8. The molecule has 6 nitrogen and oxygen atoms in total. The van der Waals surface area contributed by atoms with Crippen molar-refractivity contribution in [3.8, 4) is 0 Å². The summed E-state index contributed by atoms with van der Waals surface area (Å²) >= 11 is 2.09. The fraction of sp³-hybridized carbons (Fsp3) is 0.923. The van der Waals surface area contributed by atoms with Gasteiger partial charge in [-0.05, 0) is 24.3 Å². The van der Waals surface area contributed by atoms with Gasteiger partial charge in [-0.3, -0.25) is 9.69 Å². The molecule has 1 unspecified atom stereocenters. The summed E-state index contributed by atoms with van der Waals surface area (Å²) in [7, 11) is 1.21. The second-order valence-corrected chi connectivity index (χ2v) is 10.9. The van der Waals surface area contributed by atoms with Gasteiger partial charge in [0.25, 0.3) is 0 Å². The minimum absolute atomic E-state index is 0.131. The van der Waals surface area contributed by atoms with Gasteiger partial charge >= 0.3 is 6.80 Å². The molecule has 1 aliphatic rings. The molecule has 0 radical (unpaired) electrons. The highest BCUT2D eigenvalue weighted by atomic mass is 32.7. The lowest BCUT2D eigenvalue weighted by atomic mass is 9.91. The van der Waals surface area contributed by atoms with Gasteiger partial charge in [-0.15, -0.1) is 0 Å². The summed E-state index contributed by atoms with van der Waals surface area (Å²) in [4.78, 5) is 23.9. The van der Waals surface area contributed by atoms with E-state index in [1.807, 2.05) is 13.8 Å². The topological polar surface area (TPSA) is 76.1 Å². The summed E-state index contributed by atoms with van der Waals surface area (Å²) in [5, 5.41) is 0.131. The Morgan fingerprint density at radius 1 is 1.36 bits per heavy atom. The molecule has 0 aromatic carbocycles. The smallest absolute Gasteiger partial charge is 0.379 e. The van der Waals surface area contributed by atoms with E-state index in [4.69, 9.17) is 4.74 Å². The first kappa shape index (κ1) is 20.5. The van der Waals surface area contributed by atoms with Crippen LogP contribution in [-0.2, 0) is 18.6 Å². The SMILES string of the molecule is COP(=O)(O)SCCSC(=O)C(C)(C)CCN1CCOCC1. The summed E-state index contributed by atoms with van der Waals surface area (Å²) in [6.45, 7) is 4.67. The Hall–Kier alpha value is 0.440. The van der Waals surface area contributed by atoms with Crippen molar-refractivity contribution in [2.24, 2.45) is 5.41 Å². The minimum Gasteiger partial charge on any atom is -0.379 e. The molecule has 0 aromatic heterocycles. The molecule has 1 N–H and O–H groups in total. The molecule has 1 saturated heterocycles. The van der Waals surface area contributed by atoms with Crippen LogP contribution in [-0.4, -0.2) is 66.4 Å². The average Bonchev–Trinajstić information content (AvgIpc) is 2.50. The van der Waals surface area contributed by atoms with Gasteiger partial charge < -0.3 is 14.2 Å². The third kappa shape index (κ3) is 7.81. The summed E-state index contributed by atoms with van der Waals surface area (Å²) in [6, 6.07) is 0. The zero-order valence-corrected chi connectivity index (χ0v) is 16.0. The van der Waals surface area contributed by atoms with Crippen molar-refractivity contribution in [2.45, 2.75) is 20.3 Å². The Bertz CT molecular complexity index is 402. The molecular weight excluding hydrogens is 345 g/mol. The van der Waals surface area contributed by atoms with Crippen LogP contribution in [0.15, 0.2) is 0 Å². The van der Waals surface area contributed by atoms with E-state index < -0.39 is 12.2 Å². The Balaban J connectivity index is 2.25. The van der Waals surface area contributed by atoms with E-state index in [1.54, 1.807) is 0 Å². The third-order valence-corrected chi connectivity index (χ3v) is 8.14. The van der Waals surface area contributed by atoms with Gasteiger partial charge in [0.15, 0.2) is 5.12 Å². The number of thioether (sulfide) groups is 1. The van der Waals surface area contributed by atoms with Crippen molar-refractivity contribution < 1.29 is 23.5 Å². The molecule has 9 heteroatoms. The fourth-order valence-electron chi connectivity index (χ4n) is 1.90. The zero-order chi connectivity index (χ0) is 16.6. The van der Waals surface area contributed by atoms with Gasteiger partial charge in [0, 0.05) is 37.1 Å². The molecule has 1 fully saturated rings.